The highest BCUT2D eigenvalue weighted by molar-refractivity contribution is 7.20. The summed E-state index contributed by atoms with van der Waals surface area (Å²) in [6.07, 6.45) is 2.14. The van der Waals surface area contributed by atoms with E-state index in [1.54, 1.807) is 0 Å². The van der Waals surface area contributed by atoms with Crippen molar-refractivity contribution in [3.8, 4) is 11.3 Å². The summed E-state index contributed by atoms with van der Waals surface area (Å²) in [6.45, 7) is 2.26. The molecule has 0 saturated heterocycles. The molecule has 0 aliphatic carbocycles. The number of nitrogens with zero attached hydrogens (tertiary/aromatic N) is 2. The number of thiophene rings is 1. The van der Waals surface area contributed by atoms with Crippen molar-refractivity contribution in [1.82, 2.24) is 4.40 Å². The average molecular weight is 404 g/mol. The van der Waals surface area contributed by atoms with Gasteiger partial charge in [0, 0.05) is 48.6 Å². The molecule has 0 spiro atoms. The summed E-state index contributed by atoms with van der Waals surface area (Å²) >= 11 is 1.91. The number of aryl methyl sites for hydroxylation is 2. The molecule has 30 heavy (non-hydrogen) atoms. The smallest absolute Gasteiger partial charge is 0.214 e. The van der Waals surface area contributed by atoms with Crippen molar-refractivity contribution in [2.75, 3.05) is 0 Å². The van der Waals surface area contributed by atoms with Gasteiger partial charge in [-0.2, -0.15) is 0 Å². The van der Waals surface area contributed by atoms with Crippen LogP contribution in [0.3, 0.4) is 0 Å². The van der Waals surface area contributed by atoms with Crippen molar-refractivity contribution >= 4 is 59.5 Å². The van der Waals surface area contributed by atoms with Gasteiger partial charge in [0.25, 0.3) is 0 Å². The number of para-hydroxylation sites is 2. The highest BCUT2D eigenvalue weighted by Crippen LogP contribution is 2.48. The Kier molecular flexibility index (Phi) is 3.05. The normalized spacial score (nSPS) is 12.3. The lowest BCUT2D eigenvalue weighted by Gasteiger charge is -2.03. The molecule has 7 rings (SSSR count). The number of hydrogen-bond acceptors (Lipinski definition) is 1. The van der Waals surface area contributed by atoms with E-state index in [1.807, 2.05) is 11.3 Å². The monoisotopic (exact) mass is 403 g/mol. The van der Waals surface area contributed by atoms with Gasteiger partial charge in [0.15, 0.2) is 6.20 Å². The number of rotatable bonds is 1. The van der Waals surface area contributed by atoms with Crippen molar-refractivity contribution < 1.29 is 4.57 Å². The Labute approximate surface area is 177 Å². The van der Waals surface area contributed by atoms with Gasteiger partial charge in [-0.15, -0.1) is 11.3 Å². The molecule has 3 heteroatoms. The highest BCUT2D eigenvalue weighted by atomic mass is 32.1. The van der Waals surface area contributed by atoms with Crippen LogP contribution in [-0.4, -0.2) is 4.40 Å². The fraction of sp³-hybridized carbons (Fsp3) is 0.0741. The van der Waals surface area contributed by atoms with E-state index in [9.17, 15) is 0 Å². The Bertz CT molecular complexity index is 1770. The second kappa shape index (κ2) is 5.59. The van der Waals surface area contributed by atoms with Gasteiger partial charge in [-0.05, 0) is 31.2 Å². The first kappa shape index (κ1) is 16.4. The lowest BCUT2D eigenvalue weighted by atomic mass is 9.99. The van der Waals surface area contributed by atoms with Crippen LogP contribution in [0.5, 0.6) is 0 Å². The van der Waals surface area contributed by atoms with E-state index in [4.69, 9.17) is 0 Å². The van der Waals surface area contributed by atoms with Crippen LogP contribution in [0, 0.1) is 6.92 Å². The third-order valence-electron chi connectivity index (χ3n) is 6.51. The van der Waals surface area contributed by atoms with Crippen LogP contribution in [0.2, 0.25) is 0 Å². The minimum Gasteiger partial charge on any atom is -0.308 e. The maximum atomic E-state index is 2.47. The van der Waals surface area contributed by atoms with Crippen LogP contribution < -0.4 is 4.57 Å². The van der Waals surface area contributed by atoms with Gasteiger partial charge in [0.1, 0.15) is 7.05 Å². The van der Waals surface area contributed by atoms with Gasteiger partial charge in [-0.3, -0.25) is 0 Å². The first-order chi connectivity index (χ1) is 14.7. The van der Waals surface area contributed by atoms with Gasteiger partial charge in [0.2, 0.25) is 5.69 Å². The van der Waals surface area contributed by atoms with E-state index in [-0.39, 0.29) is 0 Å². The molecular weight excluding hydrogens is 384 g/mol. The summed E-state index contributed by atoms with van der Waals surface area (Å²) in [5.41, 5.74) is 6.56. The lowest BCUT2D eigenvalue weighted by molar-refractivity contribution is -0.660. The molecule has 0 aliphatic heterocycles. The van der Waals surface area contributed by atoms with Crippen LogP contribution in [0.15, 0.2) is 79.0 Å². The van der Waals surface area contributed by atoms with Gasteiger partial charge in [0.05, 0.1) is 22.1 Å². The fourth-order valence-corrected chi connectivity index (χ4v) is 6.43. The Morgan fingerprint density at radius 1 is 0.767 bits per heavy atom. The maximum absolute atomic E-state index is 2.47. The first-order valence-corrected chi connectivity index (χ1v) is 11.1. The van der Waals surface area contributed by atoms with Gasteiger partial charge in [-0.25, -0.2) is 4.57 Å². The molecule has 4 heterocycles. The van der Waals surface area contributed by atoms with E-state index in [2.05, 4.69) is 102 Å². The molecule has 0 atom stereocenters. The third-order valence-corrected chi connectivity index (χ3v) is 7.57. The van der Waals surface area contributed by atoms with Crippen LogP contribution in [0.25, 0.3) is 59.4 Å². The molecule has 0 N–H and O–H groups in total. The number of fused-ring (bicyclic) bond motifs is 8. The second-order valence-electron chi connectivity index (χ2n) is 8.12. The zero-order valence-corrected chi connectivity index (χ0v) is 17.6. The molecule has 0 saturated carbocycles. The molecule has 2 nitrogen and oxygen atoms in total. The van der Waals surface area contributed by atoms with E-state index >= 15 is 0 Å². The predicted molar refractivity (Wildman–Crippen MR) is 128 cm³/mol. The number of hydrogen-bond donors (Lipinski definition) is 0. The van der Waals surface area contributed by atoms with Crippen molar-refractivity contribution in [3.05, 3.63) is 83.9 Å². The molecule has 0 unspecified atom stereocenters. The number of aromatic nitrogens is 2. The van der Waals surface area contributed by atoms with Gasteiger partial charge < -0.3 is 4.40 Å². The minimum absolute atomic E-state index is 1.27. The van der Waals surface area contributed by atoms with E-state index in [0.29, 0.717) is 0 Å². The quantitative estimate of drug-likeness (QED) is 0.265. The Balaban J connectivity index is 1.84. The van der Waals surface area contributed by atoms with Crippen molar-refractivity contribution in [3.63, 3.8) is 0 Å². The minimum atomic E-state index is 1.27. The molecule has 0 fully saturated rings. The zero-order chi connectivity index (χ0) is 20.0. The molecule has 3 aromatic carbocycles. The van der Waals surface area contributed by atoms with Crippen LogP contribution in [-0.2, 0) is 7.05 Å². The molecule has 0 bridgehead atoms. The summed E-state index contributed by atoms with van der Waals surface area (Å²) in [5.74, 6) is 0. The molecular formula is C27H19N2S+. The SMILES string of the molecule is Cc1sc2cc3c4ccccc4n4c5ccccc5c(c2c1-c1cccc[n+]1C)c34. The van der Waals surface area contributed by atoms with Crippen LogP contribution in [0.4, 0.5) is 0 Å². The first-order valence-electron chi connectivity index (χ1n) is 10.3. The summed E-state index contributed by atoms with van der Waals surface area (Å²) < 4.78 is 6.08. The Morgan fingerprint density at radius 2 is 1.47 bits per heavy atom. The Morgan fingerprint density at radius 3 is 2.27 bits per heavy atom. The molecule has 0 aliphatic rings. The topological polar surface area (TPSA) is 8.29 Å². The van der Waals surface area contributed by atoms with Crippen LogP contribution >= 0.6 is 11.3 Å². The largest absolute Gasteiger partial charge is 0.308 e. The van der Waals surface area contributed by atoms with E-state index in [0.717, 1.165) is 0 Å². The summed E-state index contributed by atoms with van der Waals surface area (Å²) in [5, 5.41) is 6.81. The van der Waals surface area contributed by atoms with Crippen LogP contribution in [0.1, 0.15) is 4.88 Å². The molecule has 7 aromatic rings. The highest BCUT2D eigenvalue weighted by Gasteiger charge is 2.25. The zero-order valence-electron chi connectivity index (χ0n) is 16.8. The van der Waals surface area contributed by atoms with Crippen molar-refractivity contribution in [2.45, 2.75) is 6.92 Å². The average Bonchev–Trinajstić information content (AvgIpc) is 3.39. The molecule has 0 radical (unpaired) electrons. The van der Waals surface area contributed by atoms with Gasteiger partial charge >= 0.3 is 0 Å². The lowest BCUT2D eigenvalue weighted by Crippen LogP contribution is -2.29. The standard InChI is InChI=1S/C27H19N2S/c1-16-24(22-13-7-8-14-28(22)2)26-23(30-16)15-19-17-9-3-5-11-20(17)29-21-12-6-4-10-18(21)25(26)27(19)29/h3-15H,1-2H3/q+1. The molecule has 4 aromatic heterocycles. The third kappa shape index (κ3) is 1.86. The molecule has 0 amide bonds. The summed E-state index contributed by atoms with van der Waals surface area (Å²) in [4.78, 5) is 1.37. The van der Waals surface area contributed by atoms with Gasteiger partial charge in [-0.1, -0.05) is 36.4 Å². The second-order valence-corrected chi connectivity index (χ2v) is 9.38. The van der Waals surface area contributed by atoms with E-state index in [1.165, 1.54) is 64.3 Å². The number of pyridine rings is 1. The van der Waals surface area contributed by atoms with E-state index < -0.39 is 0 Å². The van der Waals surface area contributed by atoms with Crippen molar-refractivity contribution in [1.29, 1.82) is 0 Å². The molecule has 142 valence electrons. The fourth-order valence-electron chi connectivity index (χ4n) is 5.31. The van der Waals surface area contributed by atoms with Crippen molar-refractivity contribution in [2.24, 2.45) is 7.05 Å². The Hall–Kier alpha value is -3.43. The predicted octanol–water partition coefficient (Wildman–Crippen LogP) is 6.85. The maximum Gasteiger partial charge on any atom is 0.214 e. The summed E-state index contributed by atoms with van der Waals surface area (Å²) in [7, 11) is 2.14. The number of benzene rings is 3. The summed E-state index contributed by atoms with van der Waals surface area (Å²) in [6, 6.07) is 26.6.